The first-order valence-corrected chi connectivity index (χ1v) is 5.62. The second-order valence-corrected chi connectivity index (χ2v) is 3.32. The zero-order valence-corrected chi connectivity index (χ0v) is 9.40. The van der Waals surface area contributed by atoms with Gasteiger partial charge in [0.25, 0.3) is 0 Å². The molecule has 0 fully saturated rings. The number of amidine groups is 1. The van der Waals surface area contributed by atoms with Crippen molar-refractivity contribution in [1.82, 2.24) is 5.32 Å². The maximum atomic E-state index is 4.51. The first-order valence-electron chi connectivity index (χ1n) is 5.62. The van der Waals surface area contributed by atoms with Crippen LogP contribution in [-0.2, 0) is 0 Å². The lowest BCUT2D eigenvalue weighted by Gasteiger charge is -2.06. The van der Waals surface area contributed by atoms with Crippen LogP contribution < -0.4 is 5.32 Å². The standard InChI is InChI=1S/C11H24N2/c1-4-7-9-12-11(6-3)13-10-8-5-2/h4-10H2,1-3H3,(H,12,13). The Hall–Kier alpha value is -0.530. The molecule has 0 aliphatic rings. The van der Waals surface area contributed by atoms with E-state index >= 15 is 0 Å². The first-order chi connectivity index (χ1) is 6.35. The predicted octanol–water partition coefficient (Wildman–Crippen LogP) is 2.98. The minimum Gasteiger partial charge on any atom is -0.374 e. The number of aliphatic imine (C=N–C) groups is 1. The van der Waals surface area contributed by atoms with Gasteiger partial charge in [-0.15, -0.1) is 0 Å². The van der Waals surface area contributed by atoms with Crippen LogP contribution in [0.2, 0.25) is 0 Å². The number of hydrogen-bond acceptors (Lipinski definition) is 1. The van der Waals surface area contributed by atoms with E-state index in [0.717, 1.165) is 19.5 Å². The van der Waals surface area contributed by atoms with Gasteiger partial charge in [0.2, 0.25) is 0 Å². The summed E-state index contributed by atoms with van der Waals surface area (Å²) in [7, 11) is 0. The maximum Gasteiger partial charge on any atom is 0.0960 e. The Morgan fingerprint density at radius 3 is 2.31 bits per heavy atom. The molecule has 78 valence electrons. The quantitative estimate of drug-likeness (QED) is 0.367. The third-order valence-electron chi connectivity index (χ3n) is 2.01. The zero-order chi connectivity index (χ0) is 9.94. The van der Waals surface area contributed by atoms with Crippen molar-refractivity contribution in [2.45, 2.75) is 52.9 Å². The number of unbranched alkanes of at least 4 members (excludes halogenated alkanes) is 2. The van der Waals surface area contributed by atoms with E-state index in [1.54, 1.807) is 0 Å². The van der Waals surface area contributed by atoms with E-state index in [0.29, 0.717) is 0 Å². The molecule has 0 saturated carbocycles. The monoisotopic (exact) mass is 184 g/mol. The molecule has 0 radical (unpaired) electrons. The van der Waals surface area contributed by atoms with Crippen LogP contribution in [0.15, 0.2) is 4.99 Å². The molecular formula is C11H24N2. The molecule has 1 N–H and O–H groups in total. The largest absolute Gasteiger partial charge is 0.374 e. The lowest BCUT2D eigenvalue weighted by molar-refractivity contribution is 0.738. The topological polar surface area (TPSA) is 24.4 Å². The lowest BCUT2D eigenvalue weighted by atomic mass is 10.3. The lowest BCUT2D eigenvalue weighted by Crippen LogP contribution is -2.24. The minimum atomic E-state index is 0.985. The predicted molar refractivity (Wildman–Crippen MR) is 60.4 cm³/mol. The van der Waals surface area contributed by atoms with Crippen LogP contribution in [0.25, 0.3) is 0 Å². The van der Waals surface area contributed by atoms with Gasteiger partial charge in [-0.25, -0.2) is 0 Å². The van der Waals surface area contributed by atoms with Gasteiger partial charge in [-0.3, -0.25) is 4.99 Å². The molecule has 0 amide bonds. The van der Waals surface area contributed by atoms with Crippen molar-refractivity contribution >= 4 is 5.84 Å². The van der Waals surface area contributed by atoms with E-state index in [9.17, 15) is 0 Å². The van der Waals surface area contributed by atoms with E-state index in [-0.39, 0.29) is 0 Å². The second-order valence-electron chi connectivity index (χ2n) is 3.32. The molecule has 2 heteroatoms. The Balaban J connectivity index is 3.54. The van der Waals surface area contributed by atoms with Crippen LogP contribution in [-0.4, -0.2) is 18.9 Å². The Morgan fingerprint density at radius 2 is 1.77 bits per heavy atom. The molecule has 0 bridgehead atoms. The molecule has 0 aromatic heterocycles. The van der Waals surface area contributed by atoms with Crippen molar-refractivity contribution in [2.75, 3.05) is 13.1 Å². The van der Waals surface area contributed by atoms with Crippen molar-refractivity contribution in [3.63, 3.8) is 0 Å². The summed E-state index contributed by atoms with van der Waals surface area (Å²) >= 11 is 0. The van der Waals surface area contributed by atoms with Gasteiger partial charge in [-0.05, 0) is 12.8 Å². The second kappa shape index (κ2) is 9.56. The van der Waals surface area contributed by atoms with Crippen molar-refractivity contribution in [1.29, 1.82) is 0 Å². The number of nitrogens with zero attached hydrogens (tertiary/aromatic N) is 1. The van der Waals surface area contributed by atoms with Crippen LogP contribution in [0.4, 0.5) is 0 Å². The zero-order valence-electron chi connectivity index (χ0n) is 9.40. The van der Waals surface area contributed by atoms with Crippen LogP contribution >= 0.6 is 0 Å². The van der Waals surface area contributed by atoms with Gasteiger partial charge in [-0.2, -0.15) is 0 Å². The molecule has 0 heterocycles. The van der Waals surface area contributed by atoms with Gasteiger partial charge in [-0.1, -0.05) is 33.6 Å². The fourth-order valence-corrected chi connectivity index (χ4v) is 1.07. The molecule has 0 saturated heterocycles. The fourth-order valence-electron chi connectivity index (χ4n) is 1.07. The van der Waals surface area contributed by atoms with Crippen molar-refractivity contribution in [2.24, 2.45) is 4.99 Å². The van der Waals surface area contributed by atoms with Crippen LogP contribution in [0.5, 0.6) is 0 Å². The van der Waals surface area contributed by atoms with Crippen molar-refractivity contribution in [3.8, 4) is 0 Å². The summed E-state index contributed by atoms with van der Waals surface area (Å²) in [5.74, 6) is 1.18. The SMILES string of the molecule is CCCCN=C(CC)NCCCC. The molecule has 0 aromatic carbocycles. The highest BCUT2D eigenvalue weighted by Gasteiger charge is 1.92. The Labute approximate surface area is 82.8 Å². The molecule has 0 aromatic rings. The number of hydrogen-bond donors (Lipinski definition) is 1. The summed E-state index contributed by atoms with van der Waals surface area (Å²) in [6, 6.07) is 0. The summed E-state index contributed by atoms with van der Waals surface area (Å²) in [6.07, 6.45) is 5.97. The first kappa shape index (κ1) is 12.5. The average Bonchev–Trinajstić information content (AvgIpc) is 2.16. The summed E-state index contributed by atoms with van der Waals surface area (Å²) in [4.78, 5) is 4.51. The third kappa shape index (κ3) is 7.82. The molecular weight excluding hydrogens is 160 g/mol. The summed E-state index contributed by atoms with van der Waals surface area (Å²) in [5, 5.41) is 3.38. The van der Waals surface area contributed by atoms with E-state index in [1.807, 2.05) is 0 Å². The summed E-state index contributed by atoms with van der Waals surface area (Å²) in [6.45, 7) is 8.63. The van der Waals surface area contributed by atoms with Crippen molar-refractivity contribution < 1.29 is 0 Å². The van der Waals surface area contributed by atoms with Gasteiger partial charge in [0.15, 0.2) is 0 Å². The van der Waals surface area contributed by atoms with Crippen LogP contribution in [0, 0.1) is 0 Å². The van der Waals surface area contributed by atoms with E-state index in [2.05, 4.69) is 31.1 Å². The van der Waals surface area contributed by atoms with E-state index < -0.39 is 0 Å². The highest BCUT2D eigenvalue weighted by molar-refractivity contribution is 5.81. The summed E-state index contributed by atoms with van der Waals surface area (Å²) in [5.41, 5.74) is 0. The molecule has 0 unspecified atom stereocenters. The molecule has 0 aliphatic heterocycles. The molecule has 0 aliphatic carbocycles. The Kier molecular flexibility index (Phi) is 9.17. The Bertz CT molecular complexity index is 130. The molecule has 0 rings (SSSR count). The van der Waals surface area contributed by atoms with Gasteiger partial charge < -0.3 is 5.32 Å². The van der Waals surface area contributed by atoms with Crippen LogP contribution in [0.1, 0.15) is 52.9 Å². The van der Waals surface area contributed by atoms with Gasteiger partial charge in [0, 0.05) is 19.5 Å². The summed E-state index contributed by atoms with van der Waals surface area (Å²) < 4.78 is 0. The highest BCUT2D eigenvalue weighted by atomic mass is 15.0. The normalized spacial score (nSPS) is 11.8. The Morgan fingerprint density at radius 1 is 1.08 bits per heavy atom. The molecule has 13 heavy (non-hydrogen) atoms. The van der Waals surface area contributed by atoms with Gasteiger partial charge in [0.05, 0.1) is 5.84 Å². The number of rotatable bonds is 7. The van der Waals surface area contributed by atoms with E-state index in [1.165, 1.54) is 31.5 Å². The van der Waals surface area contributed by atoms with Gasteiger partial charge in [0.1, 0.15) is 0 Å². The molecule has 0 atom stereocenters. The highest BCUT2D eigenvalue weighted by Crippen LogP contribution is 1.91. The average molecular weight is 184 g/mol. The van der Waals surface area contributed by atoms with E-state index in [4.69, 9.17) is 0 Å². The van der Waals surface area contributed by atoms with Gasteiger partial charge >= 0.3 is 0 Å². The maximum absolute atomic E-state index is 4.51. The molecule has 0 spiro atoms. The molecule has 2 nitrogen and oxygen atoms in total. The fraction of sp³-hybridized carbons (Fsp3) is 0.909. The smallest absolute Gasteiger partial charge is 0.0960 e. The number of nitrogens with one attached hydrogen (secondary N) is 1. The van der Waals surface area contributed by atoms with Crippen molar-refractivity contribution in [3.05, 3.63) is 0 Å². The minimum absolute atomic E-state index is 0.985. The van der Waals surface area contributed by atoms with Crippen LogP contribution in [0.3, 0.4) is 0 Å². The third-order valence-corrected chi connectivity index (χ3v) is 2.01.